The number of aromatic nitrogens is 1. The molecule has 2 rings (SSSR count). The molecule has 6 heteroatoms. The van der Waals surface area contributed by atoms with Gasteiger partial charge in [0.25, 0.3) is 0 Å². The first-order valence-corrected chi connectivity index (χ1v) is 7.70. The molecular weight excluding hydrogens is 276 g/mol. The van der Waals surface area contributed by atoms with Crippen molar-refractivity contribution in [1.29, 1.82) is 0 Å². The van der Waals surface area contributed by atoms with Crippen molar-refractivity contribution >= 4 is 10.0 Å². The number of hydrogen-bond donors (Lipinski definition) is 2. The van der Waals surface area contributed by atoms with Crippen LogP contribution in [0.25, 0.3) is 0 Å². The summed E-state index contributed by atoms with van der Waals surface area (Å²) in [5.41, 5.74) is 1.21. The van der Waals surface area contributed by atoms with Crippen molar-refractivity contribution in [3.63, 3.8) is 0 Å². The molecule has 106 valence electrons. The summed E-state index contributed by atoms with van der Waals surface area (Å²) in [6.07, 6.45) is 2.19. The van der Waals surface area contributed by atoms with Gasteiger partial charge in [0, 0.05) is 24.9 Å². The molecule has 5 nitrogen and oxygen atoms in total. The van der Waals surface area contributed by atoms with E-state index in [0.717, 1.165) is 5.69 Å². The Balaban J connectivity index is 2.04. The molecule has 1 heterocycles. The zero-order chi connectivity index (χ0) is 14.4. The minimum Gasteiger partial charge on any atom is -0.392 e. The maximum absolute atomic E-state index is 12.2. The first-order valence-electron chi connectivity index (χ1n) is 6.22. The molecule has 0 radical (unpaired) electrons. The van der Waals surface area contributed by atoms with Crippen LogP contribution in [0.4, 0.5) is 0 Å². The highest BCUT2D eigenvalue weighted by atomic mass is 32.2. The predicted molar refractivity (Wildman–Crippen MR) is 75.5 cm³/mol. The van der Waals surface area contributed by atoms with Gasteiger partial charge in [0.15, 0.2) is 0 Å². The van der Waals surface area contributed by atoms with Gasteiger partial charge in [-0.05, 0) is 23.8 Å². The SMILES string of the molecule is O=S(=O)(NCCc1ccccn1)c1ccccc1CO. The molecule has 2 aromatic rings. The van der Waals surface area contributed by atoms with E-state index in [1.807, 2.05) is 18.2 Å². The predicted octanol–water partition coefficient (Wildman–Crippen LogP) is 1.09. The minimum atomic E-state index is -3.61. The number of aliphatic hydroxyl groups excluding tert-OH is 1. The lowest BCUT2D eigenvalue weighted by molar-refractivity contribution is 0.278. The van der Waals surface area contributed by atoms with Crippen LogP contribution in [0, 0.1) is 0 Å². The molecule has 0 amide bonds. The second-order valence-corrected chi connectivity index (χ2v) is 5.97. The van der Waals surface area contributed by atoms with Crippen LogP contribution in [0.3, 0.4) is 0 Å². The lowest BCUT2D eigenvalue weighted by Gasteiger charge is -2.09. The summed E-state index contributed by atoms with van der Waals surface area (Å²) in [7, 11) is -3.61. The van der Waals surface area contributed by atoms with Gasteiger partial charge in [0.05, 0.1) is 11.5 Å². The summed E-state index contributed by atoms with van der Waals surface area (Å²) >= 11 is 0. The number of benzene rings is 1. The maximum atomic E-state index is 12.2. The van der Waals surface area contributed by atoms with Gasteiger partial charge in [-0.3, -0.25) is 4.98 Å². The molecule has 0 aliphatic rings. The number of hydrogen-bond acceptors (Lipinski definition) is 4. The molecule has 1 aromatic carbocycles. The first kappa shape index (κ1) is 14.6. The number of aliphatic hydroxyl groups is 1. The lowest BCUT2D eigenvalue weighted by atomic mass is 10.2. The first-order chi connectivity index (χ1) is 9.63. The van der Waals surface area contributed by atoms with Gasteiger partial charge >= 0.3 is 0 Å². The summed E-state index contributed by atoms with van der Waals surface area (Å²) < 4.78 is 26.8. The van der Waals surface area contributed by atoms with Crippen LogP contribution < -0.4 is 4.72 Å². The molecule has 20 heavy (non-hydrogen) atoms. The maximum Gasteiger partial charge on any atom is 0.240 e. The number of sulfonamides is 1. The molecule has 1 aromatic heterocycles. The van der Waals surface area contributed by atoms with Gasteiger partial charge in [-0.15, -0.1) is 0 Å². The monoisotopic (exact) mass is 292 g/mol. The molecule has 2 N–H and O–H groups in total. The van der Waals surface area contributed by atoms with Gasteiger partial charge in [0.2, 0.25) is 10.0 Å². The Morgan fingerprint density at radius 1 is 1.10 bits per heavy atom. The normalized spacial score (nSPS) is 11.4. The summed E-state index contributed by atoms with van der Waals surface area (Å²) in [4.78, 5) is 4.24. The third kappa shape index (κ3) is 3.63. The average molecular weight is 292 g/mol. The van der Waals surface area contributed by atoms with E-state index in [-0.39, 0.29) is 18.0 Å². The Bertz CT molecular complexity index is 657. The zero-order valence-electron chi connectivity index (χ0n) is 10.9. The molecule has 0 atom stereocenters. The molecule has 0 unspecified atom stereocenters. The largest absolute Gasteiger partial charge is 0.392 e. The molecular formula is C14H16N2O3S. The summed E-state index contributed by atoms with van der Waals surface area (Å²) in [5.74, 6) is 0. The van der Waals surface area contributed by atoms with E-state index in [1.54, 1.807) is 24.4 Å². The fourth-order valence-electron chi connectivity index (χ4n) is 1.83. The van der Waals surface area contributed by atoms with E-state index in [0.29, 0.717) is 12.0 Å². The Hall–Kier alpha value is -1.76. The molecule has 0 aliphatic heterocycles. The van der Waals surface area contributed by atoms with Crippen LogP contribution >= 0.6 is 0 Å². The Morgan fingerprint density at radius 3 is 2.55 bits per heavy atom. The van der Waals surface area contributed by atoms with E-state index in [1.165, 1.54) is 6.07 Å². The van der Waals surface area contributed by atoms with Crippen LogP contribution in [0.5, 0.6) is 0 Å². The van der Waals surface area contributed by atoms with Crippen molar-refractivity contribution in [2.24, 2.45) is 0 Å². The van der Waals surface area contributed by atoms with E-state index in [2.05, 4.69) is 9.71 Å². The minimum absolute atomic E-state index is 0.114. The van der Waals surface area contributed by atoms with E-state index in [9.17, 15) is 13.5 Å². The van der Waals surface area contributed by atoms with Crippen molar-refractivity contribution in [3.8, 4) is 0 Å². The molecule has 0 saturated heterocycles. The van der Waals surface area contributed by atoms with Gasteiger partial charge in [-0.2, -0.15) is 0 Å². The van der Waals surface area contributed by atoms with Crippen LogP contribution in [0.15, 0.2) is 53.6 Å². The van der Waals surface area contributed by atoms with E-state index < -0.39 is 10.0 Å². The van der Waals surface area contributed by atoms with Crippen LogP contribution in [0.2, 0.25) is 0 Å². The van der Waals surface area contributed by atoms with Crippen molar-refractivity contribution in [2.45, 2.75) is 17.9 Å². The van der Waals surface area contributed by atoms with Gasteiger partial charge < -0.3 is 5.11 Å². The van der Waals surface area contributed by atoms with Crippen LogP contribution in [-0.4, -0.2) is 25.1 Å². The van der Waals surface area contributed by atoms with E-state index in [4.69, 9.17) is 0 Å². The van der Waals surface area contributed by atoms with Crippen molar-refractivity contribution in [2.75, 3.05) is 6.54 Å². The number of nitrogens with one attached hydrogen (secondary N) is 1. The fourth-order valence-corrected chi connectivity index (χ4v) is 3.10. The fraction of sp³-hybridized carbons (Fsp3) is 0.214. The third-order valence-corrected chi connectivity index (χ3v) is 4.39. The van der Waals surface area contributed by atoms with Gasteiger partial charge in [-0.1, -0.05) is 24.3 Å². The summed E-state index contributed by atoms with van der Waals surface area (Å²) in [5, 5.41) is 9.18. The highest BCUT2D eigenvalue weighted by Crippen LogP contribution is 2.14. The molecule has 0 fully saturated rings. The lowest BCUT2D eigenvalue weighted by Crippen LogP contribution is -2.27. The van der Waals surface area contributed by atoms with E-state index >= 15 is 0 Å². The number of nitrogens with zero attached hydrogens (tertiary/aromatic N) is 1. The van der Waals surface area contributed by atoms with Crippen molar-refractivity contribution in [3.05, 3.63) is 59.9 Å². The van der Waals surface area contributed by atoms with Crippen LogP contribution in [-0.2, 0) is 23.1 Å². The molecule has 0 bridgehead atoms. The number of pyridine rings is 1. The third-order valence-electron chi connectivity index (χ3n) is 2.83. The summed E-state index contributed by atoms with van der Waals surface area (Å²) in [6, 6.07) is 11.9. The summed E-state index contributed by atoms with van der Waals surface area (Å²) in [6.45, 7) is -0.0452. The topological polar surface area (TPSA) is 79.3 Å². The Labute approximate surface area is 118 Å². The highest BCUT2D eigenvalue weighted by molar-refractivity contribution is 7.89. The van der Waals surface area contributed by atoms with Gasteiger partial charge in [-0.25, -0.2) is 13.1 Å². The highest BCUT2D eigenvalue weighted by Gasteiger charge is 2.16. The van der Waals surface area contributed by atoms with Crippen molar-refractivity contribution in [1.82, 2.24) is 9.71 Å². The second-order valence-electron chi connectivity index (χ2n) is 4.23. The number of rotatable bonds is 6. The Morgan fingerprint density at radius 2 is 1.85 bits per heavy atom. The second kappa shape index (κ2) is 6.60. The Kier molecular flexibility index (Phi) is 4.84. The molecule has 0 saturated carbocycles. The smallest absolute Gasteiger partial charge is 0.240 e. The standard InChI is InChI=1S/C14H16N2O3S/c17-11-12-5-1-2-7-14(12)20(18,19)16-10-8-13-6-3-4-9-15-13/h1-7,9,16-17H,8,10-11H2. The average Bonchev–Trinajstić information content (AvgIpc) is 2.48. The van der Waals surface area contributed by atoms with Crippen LogP contribution in [0.1, 0.15) is 11.3 Å². The molecule has 0 aliphatic carbocycles. The quantitative estimate of drug-likeness (QED) is 0.835. The van der Waals surface area contributed by atoms with Gasteiger partial charge in [0.1, 0.15) is 0 Å². The zero-order valence-corrected chi connectivity index (χ0v) is 11.7. The molecule has 0 spiro atoms. The van der Waals surface area contributed by atoms with Crippen molar-refractivity contribution < 1.29 is 13.5 Å².